The van der Waals surface area contributed by atoms with Crippen LogP contribution in [-0.2, 0) is 28.6 Å². The number of benzene rings is 1. The van der Waals surface area contributed by atoms with E-state index in [2.05, 4.69) is 65.8 Å². The highest BCUT2D eigenvalue weighted by molar-refractivity contribution is 7.98. The molecule has 10 atom stereocenters. The highest BCUT2D eigenvalue weighted by Gasteiger charge is 2.71. The zero-order chi connectivity index (χ0) is 39.3. The average Bonchev–Trinajstić information content (AvgIpc) is 3.35. The molecule has 4 aliphatic rings. The fourth-order valence-electron chi connectivity index (χ4n) is 11.4. The minimum atomic E-state index is -0.764. The van der Waals surface area contributed by atoms with Gasteiger partial charge in [-0.2, -0.15) is 0 Å². The van der Waals surface area contributed by atoms with E-state index in [1.165, 1.54) is 6.92 Å². The second kappa shape index (κ2) is 15.5. The predicted octanol–water partition coefficient (Wildman–Crippen LogP) is 8.92. The van der Waals surface area contributed by atoms with E-state index in [9.17, 15) is 24.6 Å². The van der Waals surface area contributed by atoms with Gasteiger partial charge in [0.2, 0.25) is 6.79 Å². The molecule has 4 saturated carbocycles. The number of hydrogen-bond donors (Lipinski definition) is 2. The minimum absolute atomic E-state index is 0.0176. The van der Waals surface area contributed by atoms with E-state index in [1.54, 1.807) is 32.5 Å². The number of carbonyl (C=O) groups excluding carboxylic acids is 3. The van der Waals surface area contributed by atoms with Gasteiger partial charge in [0.1, 0.15) is 6.10 Å². The fraction of sp³-hybridized carbons (Fsp3) is 0.705. The lowest BCUT2D eigenvalue weighted by atomic mass is 9.36. The van der Waals surface area contributed by atoms with Crippen molar-refractivity contribution in [2.45, 2.75) is 144 Å². The van der Waals surface area contributed by atoms with Gasteiger partial charge in [-0.05, 0) is 161 Å². The van der Waals surface area contributed by atoms with Crippen LogP contribution in [0.5, 0.6) is 0 Å². The first-order chi connectivity index (χ1) is 24.7. The van der Waals surface area contributed by atoms with Crippen molar-refractivity contribution >= 4 is 35.2 Å². The van der Waals surface area contributed by atoms with E-state index in [0.717, 1.165) is 52.9 Å². The molecule has 1 aromatic rings. The van der Waals surface area contributed by atoms with E-state index in [4.69, 9.17) is 14.2 Å². The second-order valence-electron chi connectivity index (χ2n) is 18.5. The lowest BCUT2D eigenvalue weighted by Gasteiger charge is -2.69. The largest absolute Gasteiger partial charge is 0.458 e. The van der Waals surface area contributed by atoms with Gasteiger partial charge < -0.3 is 24.4 Å². The molecule has 0 aromatic heterocycles. The minimum Gasteiger partial charge on any atom is -0.458 e. The van der Waals surface area contributed by atoms with Gasteiger partial charge in [0.05, 0.1) is 17.6 Å². The lowest BCUT2D eigenvalue weighted by Crippen LogP contribution is -2.65. The molecule has 294 valence electrons. The SMILES string of the molecule is CSc1ccc(C(CCC(C(=O)OCOC(=O)C(C)(C)C)=C2[C@@H](OC(C)=O)C[C@@]3(C)[C@@H]2C[C@@H](O)[C@@H]2[C@@]4(C)CC[C@@H](O)[C@@H](C)C4CC[C@@]23C)=C(C)C)cc1. The molecular weight excluding hydrogens is 689 g/mol. The van der Waals surface area contributed by atoms with Crippen molar-refractivity contribution in [3.8, 4) is 0 Å². The summed E-state index contributed by atoms with van der Waals surface area (Å²) in [5.74, 6) is -1.31. The highest BCUT2D eigenvalue weighted by Crippen LogP contribution is 2.74. The molecule has 9 heteroatoms. The molecule has 0 bridgehead atoms. The number of thioether (sulfide) groups is 1. The summed E-state index contributed by atoms with van der Waals surface area (Å²) < 4.78 is 17.3. The van der Waals surface area contributed by atoms with Crippen molar-refractivity contribution in [2.24, 2.45) is 45.3 Å². The topological polar surface area (TPSA) is 119 Å². The Morgan fingerprint density at radius 3 is 2.15 bits per heavy atom. The number of fused-ring (bicyclic) bond motifs is 5. The smallest absolute Gasteiger partial charge is 0.336 e. The van der Waals surface area contributed by atoms with Crippen molar-refractivity contribution in [3.63, 3.8) is 0 Å². The molecular formula is C44H64O8S. The van der Waals surface area contributed by atoms with Crippen molar-refractivity contribution in [2.75, 3.05) is 13.0 Å². The summed E-state index contributed by atoms with van der Waals surface area (Å²) in [7, 11) is 0. The molecule has 0 heterocycles. The summed E-state index contributed by atoms with van der Waals surface area (Å²) in [4.78, 5) is 41.0. The maximum atomic E-state index is 14.4. The van der Waals surface area contributed by atoms with E-state index in [-0.39, 0.29) is 34.7 Å². The van der Waals surface area contributed by atoms with Crippen molar-refractivity contribution < 1.29 is 38.8 Å². The lowest BCUT2D eigenvalue weighted by molar-refractivity contribution is -0.234. The molecule has 53 heavy (non-hydrogen) atoms. The van der Waals surface area contributed by atoms with Crippen molar-refractivity contribution in [1.82, 2.24) is 0 Å². The zero-order valence-electron chi connectivity index (χ0n) is 34.0. The molecule has 0 radical (unpaired) electrons. The number of aliphatic hydroxyl groups is 2. The number of allylic oxidation sites excluding steroid dienone is 2. The van der Waals surface area contributed by atoms with E-state index in [0.29, 0.717) is 37.2 Å². The summed E-state index contributed by atoms with van der Waals surface area (Å²) in [5.41, 5.74) is 2.83. The van der Waals surface area contributed by atoms with Crippen LogP contribution in [0.1, 0.15) is 126 Å². The first kappa shape index (κ1) is 41.5. The Labute approximate surface area is 321 Å². The van der Waals surface area contributed by atoms with Crippen LogP contribution in [0, 0.1) is 45.3 Å². The molecule has 0 saturated heterocycles. The molecule has 2 N–H and O–H groups in total. The molecule has 1 aromatic carbocycles. The standard InChI is InChI=1S/C44H64O8S/c1-25(2)30(28-12-14-29(53-11)15-13-28)16-17-31(39(48)50-24-51-40(49)41(5,6)7)37-33-22-35(47)38-42(8)20-19-34(46)26(3)32(42)18-21-43(38,9)44(33,10)23-36(37)52-27(4)45/h12-15,26,32-36,38,46-47H,16-24H2,1-11H3/t26-,32?,33+,34+,35+,36-,38+,42-,43-,44-/m0/s1. The molecule has 8 nitrogen and oxygen atoms in total. The first-order valence-corrected chi connectivity index (χ1v) is 20.8. The summed E-state index contributed by atoms with van der Waals surface area (Å²) >= 11 is 1.68. The van der Waals surface area contributed by atoms with Gasteiger partial charge >= 0.3 is 17.9 Å². The predicted molar refractivity (Wildman–Crippen MR) is 208 cm³/mol. The van der Waals surface area contributed by atoms with Crippen LogP contribution in [0.25, 0.3) is 5.57 Å². The number of esters is 3. The Kier molecular flexibility index (Phi) is 12.1. The monoisotopic (exact) mass is 752 g/mol. The van der Waals surface area contributed by atoms with Crippen LogP contribution < -0.4 is 0 Å². The van der Waals surface area contributed by atoms with Gasteiger partial charge in [-0.3, -0.25) is 9.59 Å². The maximum absolute atomic E-state index is 14.4. The van der Waals surface area contributed by atoms with Crippen LogP contribution in [0.15, 0.2) is 45.9 Å². The molecule has 4 aliphatic carbocycles. The van der Waals surface area contributed by atoms with Crippen LogP contribution in [0.4, 0.5) is 0 Å². The number of rotatable bonds is 9. The van der Waals surface area contributed by atoms with Gasteiger partial charge in [0.15, 0.2) is 0 Å². The Hall–Kier alpha value is -2.62. The Bertz CT molecular complexity index is 1620. The zero-order valence-corrected chi connectivity index (χ0v) is 34.8. The van der Waals surface area contributed by atoms with E-state index >= 15 is 0 Å². The van der Waals surface area contributed by atoms with Gasteiger partial charge in [-0.25, -0.2) is 4.79 Å². The second-order valence-corrected chi connectivity index (χ2v) is 19.3. The Balaban J connectivity index is 1.60. The summed E-state index contributed by atoms with van der Waals surface area (Å²) in [5, 5.41) is 23.3. The number of carbonyl (C=O) groups is 3. The third-order valence-corrected chi connectivity index (χ3v) is 15.0. The van der Waals surface area contributed by atoms with Crippen LogP contribution in [0.3, 0.4) is 0 Å². The van der Waals surface area contributed by atoms with Crippen LogP contribution in [0.2, 0.25) is 0 Å². The number of ether oxygens (including phenoxy) is 3. The molecule has 0 aliphatic heterocycles. The number of hydrogen-bond acceptors (Lipinski definition) is 9. The first-order valence-electron chi connectivity index (χ1n) is 19.6. The molecule has 1 unspecified atom stereocenters. The summed E-state index contributed by atoms with van der Waals surface area (Å²) in [6.45, 7) is 19.4. The van der Waals surface area contributed by atoms with Gasteiger partial charge in [-0.15, -0.1) is 11.8 Å². The molecule has 0 amide bonds. The maximum Gasteiger partial charge on any atom is 0.336 e. The third kappa shape index (κ3) is 7.65. The summed E-state index contributed by atoms with van der Waals surface area (Å²) in [6.07, 6.45) is 5.62. The highest BCUT2D eigenvalue weighted by atomic mass is 32.2. The number of aliphatic hydroxyl groups excluding tert-OH is 2. The van der Waals surface area contributed by atoms with Gasteiger partial charge in [0.25, 0.3) is 0 Å². The average molecular weight is 753 g/mol. The summed E-state index contributed by atoms with van der Waals surface area (Å²) in [6, 6.07) is 8.42. The van der Waals surface area contributed by atoms with Crippen LogP contribution >= 0.6 is 11.8 Å². The fourth-order valence-corrected chi connectivity index (χ4v) is 11.8. The van der Waals surface area contributed by atoms with Gasteiger partial charge in [-0.1, -0.05) is 45.4 Å². The van der Waals surface area contributed by atoms with Crippen LogP contribution in [-0.4, -0.2) is 59.5 Å². The molecule has 4 fully saturated rings. The van der Waals surface area contributed by atoms with E-state index in [1.807, 2.05) is 6.26 Å². The van der Waals surface area contributed by atoms with Crippen molar-refractivity contribution in [3.05, 3.63) is 46.5 Å². The van der Waals surface area contributed by atoms with E-state index < -0.39 is 47.7 Å². The van der Waals surface area contributed by atoms with Gasteiger partial charge in [0, 0.05) is 17.4 Å². The Morgan fingerprint density at radius 1 is 0.906 bits per heavy atom. The van der Waals surface area contributed by atoms with Crippen molar-refractivity contribution in [1.29, 1.82) is 0 Å². The Morgan fingerprint density at radius 2 is 1.57 bits per heavy atom. The molecule has 0 spiro atoms. The molecule has 5 rings (SSSR count). The quantitative estimate of drug-likeness (QED) is 0.110. The normalized spacial score (nSPS) is 36.0. The third-order valence-electron chi connectivity index (χ3n) is 14.3.